The van der Waals surface area contributed by atoms with Crippen molar-refractivity contribution < 1.29 is 18.5 Å². The molecule has 0 spiro atoms. The van der Waals surface area contributed by atoms with E-state index in [0.29, 0.717) is 15.8 Å². The molecule has 0 fully saturated rings. The van der Waals surface area contributed by atoms with Crippen LogP contribution in [0.2, 0.25) is 0 Å². The fraction of sp³-hybridized carbons (Fsp3) is 0. The number of carbonyl (C=O) groups excluding carboxylic acids is 1. The first-order valence-electron chi connectivity index (χ1n) is 7.05. The van der Waals surface area contributed by atoms with Crippen LogP contribution in [0.25, 0.3) is 11.3 Å². The van der Waals surface area contributed by atoms with Gasteiger partial charge in [0.25, 0.3) is 11.6 Å². The van der Waals surface area contributed by atoms with E-state index in [0.717, 1.165) is 0 Å². The first kappa shape index (κ1) is 16.8. The van der Waals surface area contributed by atoms with Crippen molar-refractivity contribution in [3.05, 3.63) is 80.8 Å². The molecular formula is C17H10BrFN2O4. The third kappa shape index (κ3) is 3.74. The van der Waals surface area contributed by atoms with E-state index in [1.807, 2.05) is 0 Å². The van der Waals surface area contributed by atoms with Gasteiger partial charge in [-0.25, -0.2) is 4.39 Å². The Hall–Kier alpha value is -3.00. The second kappa shape index (κ2) is 6.86. The molecule has 0 radical (unpaired) electrons. The van der Waals surface area contributed by atoms with E-state index in [9.17, 15) is 19.3 Å². The molecule has 0 saturated carbocycles. The largest absolute Gasteiger partial charge is 0.451 e. The molecule has 1 heterocycles. The Morgan fingerprint density at radius 3 is 2.68 bits per heavy atom. The molecule has 0 bridgehead atoms. The molecule has 0 saturated heterocycles. The number of nitrogens with zero attached hydrogens (tertiary/aromatic N) is 1. The van der Waals surface area contributed by atoms with Crippen LogP contribution in [-0.4, -0.2) is 10.8 Å². The van der Waals surface area contributed by atoms with E-state index < -0.39 is 16.6 Å². The van der Waals surface area contributed by atoms with Crippen LogP contribution in [0.4, 0.5) is 15.8 Å². The first-order chi connectivity index (χ1) is 11.9. The molecule has 3 rings (SSSR count). The first-order valence-corrected chi connectivity index (χ1v) is 7.84. The van der Waals surface area contributed by atoms with Crippen LogP contribution in [0, 0.1) is 15.9 Å². The molecule has 0 aliphatic carbocycles. The number of hydrogen-bond donors (Lipinski definition) is 1. The fourth-order valence-electron chi connectivity index (χ4n) is 2.16. The van der Waals surface area contributed by atoms with Gasteiger partial charge in [-0.15, -0.1) is 0 Å². The van der Waals surface area contributed by atoms with E-state index >= 15 is 0 Å². The van der Waals surface area contributed by atoms with Crippen molar-refractivity contribution in [2.24, 2.45) is 0 Å². The minimum absolute atomic E-state index is 0.0153. The standard InChI is InChI=1S/C17H10BrFN2O4/c18-11-4-5-14(13(19)9-11)20-17(22)16-7-6-15(25-16)10-2-1-3-12(8-10)21(23)24/h1-9H,(H,20,22). The average molecular weight is 405 g/mol. The summed E-state index contributed by atoms with van der Waals surface area (Å²) in [6.45, 7) is 0. The highest BCUT2D eigenvalue weighted by atomic mass is 79.9. The molecule has 0 unspecified atom stereocenters. The molecule has 126 valence electrons. The number of amides is 1. The molecule has 3 aromatic rings. The molecule has 6 nitrogen and oxygen atoms in total. The van der Waals surface area contributed by atoms with Gasteiger partial charge in [-0.2, -0.15) is 0 Å². The van der Waals surface area contributed by atoms with Crippen LogP contribution in [0.5, 0.6) is 0 Å². The summed E-state index contributed by atoms with van der Waals surface area (Å²) in [6, 6.07) is 13.0. The summed E-state index contributed by atoms with van der Waals surface area (Å²) < 4.78 is 19.8. The predicted octanol–water partition coefficient (Wildman–Crippen LogP) is 5.01. The van der Waals surface area contributed by atoms with Gasteiger partial charge in [0.2, 0.25) is 0 Å². The van der Waals surface area contributed by atoms with Crippen molar-refractivity contribution in [2.45, 2.75) is 0 Å². The van der Waals surface area contributed by atoms with Gasteiger partial charge in [0.1, 0.15) is 11.6 Å². The molecule has 1 amide bonds. The zero-order valence-electron chi connectivity index (χ0n) is 12.5. The van der Waals surface area contributed by atoms with Gasteiger partial charge in [0.15, 0.2) is 5.76 Å². The van der Waals surface area contributed by atoms with Gasteiger partial charge in [-0.05, 0) is 30.3 Å². The number of nitrogens with one attached hydrogen (secondary N) is 1. The second-order valence-corrected chi connectivity index (χ2v) is 5.97. The van der Waals surface area contributed by atoms with Crippen molar-refractivity contribution in [3.63, 3.8) is 0 Å². The van der Waals surface area contributed by atoms with Crippen molar-refractivity contribution >= 4 is 33.2 Å². The molecule has 0 aliphatic heterocycles. The van der Waals surface area contributed by atoms with Gasteiger partial charge in [0, 0.05) is 22.2 Å². The molecular weight excluding hydrogens is 395 g/mol. The number of furan rings is 1. The number of nitro benzene ring substituents is 1. The minimum Gasteiger partial charge on any atom is -0.451 e. The third-order valence-electron chi connectivity index (χ3n) is 3.35. The summed E-state index contributed by atoms with van der Waals surface area (Å²) in [4.78, 5) is 22.5. The van der Waals surface area contributed by atoms with E-state index in [1.165, 1.54) is 42.5 Å². The van der Waals surface area contributed by atoms with E-state index in [-0.39, 0.29) is 17.1 Å². The molecule has 0 atom stereocenters. The quantitative estimate of drug-likeness (QED) is 0.489. The van der Waals surface area contributed by atoms with Crippen LogP contribution >= 0.6 is 15.9 Å². The highest BCUT2D eigenvalue weighted by molar-refractivity contribution is 9.10. The van der Waals surface area contributed by atoms with Gasteiger partial charge < -0.3 is 9.73 Å². The maximum atomic E-state index is 13.8. The zero-order valence-corrected chi connectivity index (χ0v) is 14.1. The Labute approximate surface area is 149 Å². The lowest BCUT2D eigenvalue weighted by molar-refractivity contribution is -0.384. The Morgan fingerprint density at radius 1 is 1.16 bits per heavy atom. The number of carbonyl (C=O) groups is 1. The average Bonchev–Trinajstić information content (AvgIpc) is 3.07. The summed E-state index contributed by atoms with van der Waals surface area (Å²) in [5, 5.41) is 13.2. The summed E-state index contributed by atoms with van der Waals surface area (Å²) in [5.41, 5.74) is 0.390. The predicted molar refractivity (Wildman–Crippen MR) is 92.9 cm³/mol. The Bertz CT molecular complexity index is 971. The molecule has 25 heavy (non-hydrogen) atoms. The Morgan fingerprint density at radius 2 is 1.96 bits per heavy atom. The lowest BCUT2D eigenvalue weighted by Crippen LogP contribution is -2.12. The van der Waals surface area contributed by atoms with Crippen LogP contribution in [0.15, 0.2) is 63.5 Å². The van der Waals surface area contributed by atoms with Crippen molar-refractivity contribution in [1.29, 1.82) is 0 Å². The van der Waals surface area contributed by atoms with E-state index in [4.69, 9.17) is 4.42 Å². The highest BCUT2D eigenvalue weighted by Crippen LogP contribution is 2.26. The molecule has 0 aliphatic rings. The van der Waals surface area contributed by atoms with Gasteiger partial charge in [-0.1, -0.05) is 28.1 Å². The topological polar surface area (TPSA) is 85.4 Å². The molecule has 8 heteroatoms. The SMILES string of the molecule is O=C(Nc1ccc(Br)cc1F)c1ccc(-c2cccc([N+](=O)[O-])c2)o1. The smallest absolute Gasteiger partial charge is 0.291 e. The van der Waals surface area contributed by atoms with Crippen molar-refractivity contribution in [3.8, 4) is 11.3 Å². The summed E-state index contributed by atoms with van der Waals surface area (Å²) in [5.74, 6) is -0.958. The number of non-ortho nitro benzene ring substituents is 1. The van der Waals surface area contributed by atoms with E-state index in [2.05, 4.69) is 21.2 Å². The van der Waals surface area contributed by atoms with Gasteiger partial charge in [-0.3, -0.25) is 14.9 Å². The lowest BCUT2D eigenvalue weighted by atomic mass is 10.1. The zero-order chi connectivity index (χ0) is 18.0. The summed E-state index contributed by atoms with van der Waals surface area (Å²) in [6.07, 6.45) is 0. The minimum atomic E-state index is -0.627. The number of rotatable bonds is 4. The maximum absolute atomic E-state index is 13.8. The molecule has 1 aromatic heterocycles. The van der Waals surface area contributed by atoms with Crippen LogP contribution in [-0.2, 0) is 0 Å². The normalized spacial score (nSPS) is 10.5. The number of hydrogen-bond acceptors (Lipinski definition) is 4. The summed E-state index contributed by atoms with van der Waals surface area (Å²) in [7, 11) is 0. The van der Waals surface area contributed by atoms with Crippen molar-refractivity contribution in [1.82, 2.24) is 0 Å². The van der Waals surface area contributed by atoms with Crippen molar-refractivity contribution in [2.75, 3.05) is 5.32 Å². The van der Waals surface area contributed by atoms with Crippen LogP contribution in [0.1, 0.15) is 10.6 Å². The lowest BCUT2D eigenvalue weighted by Gasteiger charge is -2.05. The molecule has 1 N–H and O–H groups in total. The maximum Gasteiger partial charge on any atom is 0.291 e. The number of anilines is 1. The highest BCUT2D eigenvalue weighted by Gasteiger charge is 2.16. The number of halogens is 2. The second-order valence-electron chi connectivity index (χ2n) is 5.05. The number of nitro groups is 1. The van der Waals surface area contributed by atoms with E-state index in [1.54, 1.807) is 12.1 Å². The summed E-state index contributed by atoms with van der Waals surface area (Å²) >= 11 is 3.13. The van der Waals surface area contributed by atoms with Gasteiger partial charge in [0.05, 0.1) is 10.6 Å². The fourth-order valence-corrected chi connectivity index (χ4v) is 2.50. The Balaban J connectivity index is 1.82. The number of benzene rings is 2. The third-order valence-corrected chi connectivity index (χ3v) is 3.84. The van der Waals surface area contributed by atoms with Crippen LogP contribution < -0.4 is 5.32 Å². The van der Waals surface area contributed by atoms with Crippen LogP contribution in [0.3, 0.4) is 0 Å². The van der Waals surface area contributed by atoms with Gasteiger partial charge >= 0.3 is 0 Å². The monoisotopic (exact) mass is 404 g/mol. The Kier molecular flexibility index (Phi) is 4.62. The molecule has 2 aromatic carbocycles.